The molecule has 0 saturated heterocycles. The molecule has 0 radical (unpaired) electrons. The van der Waals surface area contributed by atoms with Crippen LogP contribution in [-0.4, -0.2) is 21.7 Å². The van der Waals surface area contributed by atoms with Gasteiger partial charge in [0.15, 0.2) is 0 Å². The molecule has 2 N–H and O–H groups in total. The van der Waals surface area contributed by atoms with Gasteiger partial charge in [0.25, 0.3) is 0 Å². The largest absolute Gasteiger partial charge is 0.388 e. The maximum absolute atomic E-state index is 8.61. The van der Waals surface area contributed by atoms with Crippen molar-refractivity contribution in [2.75, 3.05) is 0 Å². The molecule has 0 atom stereocenters. The molecule has 2 heterocycles. The molecule has 0 unspecified atom stereocenters. The van der Waals surface area contributed by atoms with Gasteiger partial charge in [-0.2, -0.15) is 5.26 Å². The predicted molar refractivity (Wildman–Crippen MR) is 102 cm³/mol. The van der Waals surface area contributed by atoms with Crippen molar-refractivity contribution in [1.82, 2.24) is 15.3 Å². The van der Waals surface area contributed by atoms with Crippen molar-refractivity contribution in [3.8, 4) is 6.07 Å². The second kappa shape index (κ2) is 7.09. The van der Waals surface area contributed by atoms with Crippen LogP contribution in [0.4, 0.5) is 0 Å². The first-order valence-electron chi connectivity index (χ1n) is 9.07. The zero-order chi connectivity index (χ0) is 17.9. The highest BCUT2D eigenvalue weighted by molar-refractivity contribution is 6.25. The first-order valence-corrected chi connectivity index (χ1v) is 9.07. The van der Waals surface area contributed by atoms with E-state index in [2.05, 4.69) is 15.3 Å². The predicted octanol–water partition coefficient (Wildman–Crippen LogP) is 3.85. The topological polar surface area (TPSA) is 85.5 Å². The van der Waals surface area contributed by atoms with Gasteiger partial charge in [-0.05, 0) is 43.7 Å². The average molecular weight is 343 g/mol. The number of hydrogen-bond donors (Lipinski definition) is 2. The number of allylic oxidation sites excluding steroid dienone is 3. The summed E-state index contributed by atoms with van der Waals surface area (Å²) in [4.78, 5) is 9.06. The molecule has 26 heavy (non-hydrogen) atoms. The van der Waals surface area contributed by atoms with Crippen molar-refractivity contribution < 1.29 is 0 Å². The standard InChI is InChI=1S/C21H21N5/c22-8-1-3-14-11-17(12-14)26-13-18(19(23)15-5-6-15)21-20-16(7-10-25-21)4-2-9-24-20/h1-4,7,9-10,13-15,17,23,26H,5-6,11-12H2/b3-1+,18-13+,23-19?. The molecule has 4 rings (SSSR count). The van der Waals surface area contributed by atoms with E-state index in [1.165, 1.54) is 0 Å². The van der Waals surface area contributed by atoms with Crippen LogP contribution in [0.3, 0.4) is 0 Å². The van der Waals surface area contributed by atoms with Gasteiger partial charge in [-0.25, -0.2) is 0 Å². The zero-order valence-electron chi connectivity index (χ0n) is 14.5. The van der Waals surface area contributed by atoms with Crippen LogP contribution in [0.25, 0.3) is 16.5 Å². The number of rotatable bonds is 6. The van der Waals surface area contributed by atoms with Gasteiger partial charge in [0, 0.05) is 53.3 Å². The summed E-state index contributed by atoms with van der Waals surface area (Å²) in [7, 11) is 0. The molecule has 2 aliphatic carbocycles. The van der Waals surface area contributed by atoms with E-state index in [1.54, 1.807) is 18.5 Å². The highest BCUT2D eigenvalue weighted by Gasteiger charge is 2.31. The Labute approximate surface area is 153 Å². The lowest BCUT2D eigenvalue weighted by atomic mass is 9.80. The number of nitrogens with one attached hydrogen (secondary N) is 2. The first kappa shape index (κ1) is 16.5. The minimum atomic E-state index is 0.344. The van der Waals surface area contributed by atoms with Gasteiger partial charge in [0.1, 0.15) is 0 Å². The van der Waals surface area contributed by atoms with E-state index in [-0.39, 0.29) is 0 Å². The van der Waals surface area contributed by atoms with E-state index in [9.17, 15) is 0 Å². The Morgan fingerprint density at radius 3 is 2.85 bits per heavy atom. The number of nitrogens with zero attached hydrogens (tertiary/aromatic N) is 3. The summed E-state index contributed by atoms with van der Waals surface area (Å²) in [5, 5.41) is 21.7. The van der Waals surface area contributed by atoms with E-state index in [1.807, 2.05) is 36.5 Å². The summed E-state index contributed by atoms with van der Waals surface area (Å²) in [5.41, 5.74) is 3.14. The second-order valence-corrected chi connectivity index (χ2v) is 7.06. The van der Waals surface area contributed by atoms with E-state index < -0.39 is 0 Å². The van der Waals surface area contributed by atoms with Crippen LogP contribution in [0.15, 0.2) is 48.9 Å². The fourth-order valence-corrected chi connectivity index (χ4v) is 3.40. The van der Waals surface area contributed by atoms with Crippen LogP contribution in [-0.2, 0) is 0 Å². The van der Waals surface area contributed by atoms with Gasteiger partial charge in [0.05, 0.1) is 17.3 Å². The lowest BCUT2D eigenvalue weighted by molar-refractivity contribution is 0.291. The third-order valence-electron chi connectivity index (χ3n) is 5.13. The van der Waals surface area contributed by atoms with Gasteiger partial charge >= 0.3 is 0 Å². The van der Waals surface area contributed by atoms with Crippen LogP contribution in [0.1, 0.15) is 31.4 Å². The average Bonchev–Trinajstić information content (AvgIpc) is 3.47. The maximum Gasteiger partial charge on any atom is 0.0997 e. The number of aromatic nitrogens is 2. The molecule has 2 saturated carbocycles. The maximum atomic E-state index is 8.61. The van der Waals surface area contributed by atoms with Crippen molar-refractivity contribution >= 4 is 22.2 Å². The summed E-state index contributed by atoms with van der Waals surface area (Å²) < 4.78 is 0. The number of nitriles is 1. The number of hydrogen-bond acceptors (Lipinski definition) is 5. The third-order valence-corrected chi connectivity index (χ3v) is 5.13. The van der Waals surface area contributed by atoms with E-state index in [0.29, 0.717) is 23.6 Å². The minimum Gasteiger partial charge on any atom is -0.388 e. The Bertz CT molecular complexity index is 922. The fourth-order valence-electron chi connectivity index (χ4n) is 3.40. The van der Waals surface area contributed by atoms with Gasteiger partial charge in [-0.15, -0.1) is 0 Å². The smallest absolute Gasteiger partial charge is 0.0997 e. The fraction of sp³-hybridized carbons (Fsp3) is 0.333. The van der Waals surface area contributed by atoms with E-state index >= 15 is 0 Å². The Balaban J connectivity index is 1.58. The van der Waals surface area contributed by atoms with Crippen molar-refractivity contribution in [3.05, 3.63) is 54.6 Å². The molecule has 2 aromatic heterocycles. The number of pyridine rings is 2. The van der Waals surface area contributed by atoms with E-state index in [4.69, 9.17) is 10.7 Å². The van der Waals surface area contributed by atoms with Crippen molar-refractivity contribution in [1.29, 1.82) is 10.7 Å². The molecule has 130 valence electrons. The Morgan fingerprint density at radius 2 is 2.08 bits per heavy atom. The molecule has 0 aromatic carbocycles. The molecule has 5 nitrogen and oxygen atoms in total. The zero-order valence-corrected chi connectivity index (χ0v) is 14.5. The van der Waals surface area contributed by atoms with Gasteiger partial charge in [-0.1, -0.05) is 12.1 Å². The van der Waals surface area contributed by atoms with Crippen LogP contribution in [0.5, 0.6) is 0 Å². The van der Waals surface area contributed by atoms with Gasteiger partial charge in [0.2, 0.25) is 0 Å². The Kier molecular flexibility index (Phi) is 4.49. The summed E-state index contributed by atoms with van der Waals surface area (Å²) in [6, 6.07) is 8.33. The number of fused-ring (bicyclic) bond motifs is 1. The van der Waals surface area contributed by atoms with Crippen molar-refractivity contribution in [2.45, 2.75) is 31.7 Å². The summed E-state index contributed by atoms with van der Waals surface area (Å²) in [6.45, 7) is 0. The lowest BCUT2D eigenvalue weighted by Crippen LogP contribution is -2.38. The molecule has 0 aliphatic heterocycles. The van der Waals surface area contributed by atoms with Crippen molar-refractivity contribution in [2.24, 2.45) is 11.8 Å². The molecular weight excluding hydrogens is 322 g/mol. The molecule has 0 bridgehead atoms. The second-order valence-electron chi connectivity index (χ2n) is 7.06. The monoisotopic (exact) mass is 343 g/mol. The lowest BCUT2D eigenvalue weighted by Gasteiger charge is -2.33. The Hall–Kier alpha value is -3.00. The highest BCUT2D eigenvalue weighted by Crippen LogP contribution is 2.36. The molecule has 0 spiro atoms. The quantitative estimate of drug-likeness (QED) is 0.616. The van der Waals surface area contributed by atoms with Crippen LogP contribution >= 0.6 is 0 Å². The SMILES string of the molecule is N#C/C=C/C1CC(N/C=C(\C(=N)C2CC2)c2nccc3cccnc23)C1. The van der Waals surface area contributed by atoms with Gasteiger partial charge < -0.3 is 10.7 Å². The summed E-state index contributed by atoms with van der Waals surface area (Å²) in [5.74, 6) is 0.820. The molecule has 0 amide bonds. The van der Waals surface area contributed by atoms with E-state index in [0.717, 1.165) is 47.9 Å². The molecule has 5 heteroatoms. The Morgan fingerprint density at radius 1 is 1.23 bits per heavy atom. The summed E-state index contributed by atoms with van der Waals surface area (Å²) >= 11 is 0. The normalized spacial score (nSPS) is 22.8. The molecular formula is C21H21N5. The first-order chi connectivity index (χ1) is 12.8. The minimum absolute atomic E-state index is 0.344. The van der Waals surface area contributed by atoms with Crippen LogP contribution in [0, 0.1) is 28.6 Å². The molecule has 2 fully saturated rings. The van der Waals surface area contributed by atoms with Crippen molar-refractivity contribution in [3.63, 3.8) is 0 Å². The van der Waals surface area contributed by atoms with Crippen LogP contribution < -0.4 is 5.32 Å². The van der Waals surface area contributed by atoms with Gasteiger partial charge in [-0.3, -0.25) is 9.97 Å². The molecule has 2 aliphatic rings. The van der Waals surface area contributed by atoms with Crippen LogP contribution in [0.2, 0.25) is 0 Å². The third kappa shape index (κ3) is 3.36. The highest BCUT2D eigenvalue weighted by atomic mass is 14.9. The summed E-state index contributed by atoms with van der Waals surface area (Å²) in [6.07, 6.45) is 13.3. The molecule has 2 aromatic rings.